The van der Waals surface area contributed by atoms with Gasteiger partial charge in [0.15, 0.2) is 0 Å². The standard InChI is InChI=1S/C15H16ClN3O/c16-13-5-3-4-12(8-13)15(6-1-2-7-15)19-14(20)11-9-17-18-10-11/h3-5,8-10H,1-2,6-7H2,(H,17,18)(H,19,20). The fourth-order valence-corrected chi connectivity index (χ4v) is 3.11. The summed E-state index contributed by atoms with van der Waals surface area (Å²) in [6.07, 6.45) is 7.25. The zero-order chi connectivity index (χ0) is 14.0. The van der Waals surface area contributed by atoms with E-state index in [9.17, 15) is 4.79 Å². The molecule has 0 unspecified atom stereocenters. The topological polar surface area (TPSA) is 57.8 Å². The van der Waals surface area contributed by atoms with Crippen LogP contribution in [0.15, 0.2) is 36.7 Å². The van der Waals surface area contributed by atoms with Crippen LogP contribution in [0.2, 0.25) is 5.02 Å². The smallest absolute Gasteiger partial charge is 0.255 e. The van der Waals surface area contributed by atoms with Crippen LogP contribution in [0.3, 0.4) is 0 Å². The van der Waals surface area contributed by atoms with Gasteiger partial charge in [-0.15, -0.1) is 0 Å². The monoisotopic (exact) mass is 289 g/mol. The van der Waals surface area contributed by atoms with E-state index in [0.717, 1.165) is 31.2 Å². The minimum absolute atomic E-state index is 0.0966. The van der Waals surface area contributed by atoms with Crippen molar-refractivity contribution in [3.8, 4) is 0 Å². The predicted molar refractivity (Wildman–Crippen MR) is 77.7 cm³/mol. The molecule has 1 saturated carbocycles. The zero-order valence-electron chi connectivity index (χ0n) is 11.0. The highest BCUT2D eigenvalue weighted by molar-refractivity contribution is 6.30. The number of carbonyl (C=O) groups is 1. The van der Waals surface area contributed by atoms with E-state index in [4.69, 9.17) is 11.6 Å². The van der Waals surface area contributed by atoms with Gasteiger partial charge in [0.05, 0.1) is 17.3 Å². The zero-order valence-corrected chi connectivity index (χ0v) is 11.8. The van der Waals surface area contributed by atoms with E-state index in [2.05, 4.69) is 15.5 Å². The van der Waals surface area contributed by atoms with Gasteiger partial charge in [-0.3, -0.25) is 9.89 Å². The van der Waals surface area contributed by atoms with Crippen LogP contribution in [0.4, 0.5) is 0 Å². The van der Waals surface area contributed by atoms with Crippen LogP contribution >= 0.6 is 11.6 Å². The Hall–Kier alpha value is -1.81. The molecule has 2 aromatic rings. The molecule has 0 aliphatic heterocycles. The molecule has 1 heterocycles. The number of aromatic amines is 1. The summed E-state index contributed by atoms with van der Waals surface area (Å²) in [6, 6.07) is 7.77. The first kappa shape index (κ1) is 13.2. The molecule has 1 aromatic carbocycles. The molecule has 1 aliphatic carbocycles. The van der Waals surface area contributed by atoms with E-state index in [1.54, 1.807) is 6.20 Å². The van der Waals surface area contributed by atoms with Gasteiger partial charge in [-0.05, 0) is 30.5 Å². The third-order valence-electron chi connectivity index (χ3n) is 3.95. The van der Waals surface area contributed by atoms with E-state index in [1.807, 2.05) is 24.3 Å². The van der Waals surface area contributed by atoms with Gasteiger partial charge in [-0.1, -0.05) is 36.6 Å². The number of rotatable bonds is 3. The Morgan fingerprint density at radius 3 is 2.80 bits per heavy atom. The minimum Gasteiger partial charge on any atom is -0.342 e. The fourth-order valence-electron chi connectivity index (χ4n) is 2.92. The van der Waals surface area contributed by atoms with Crippen molar-refractivity contribution in [2.45, 2.75) is 31.2 Å². The number of benzene rings is 1. The molecule has 0 radical (unpaired) electrons. The second kappa shape index (κ2) is 5.29. The summed E-state index contributed by atoms with van der Waals surface area (Å²) >= 11 is 6.09. The number of hydrogen-bond acceptors (Lipinski definition) is 2. The van der Waals surface area contributed by atoms with Crippen LogP contribution in [0.25, 0.3) is 0 Å². The van der Waals surface area contributed by atoms with Gasteiger partial charge in [0.1, 0.15) is 0 Å². The highest BCUT2D eigenvalue weighted by Crippen LogP contribution is 2.39. The number of halogens is 1. The molecular formula is C15H16ClN3O. The Bertz CT molecular complexity index is 603. The molecule has 3 rings (SSSR count). The van der Waals surface area contributed by atoms with Crippen LogP contribution in [0.1, 0.15) is 41.6 Å². The maximum absolute atomic E-state index is 12.3. The van der Waals surface area contributed by atoms with Crippen LogP contribution < -0.4 is 5.32 Å². The average molecular weight is 290 g/mol. The Labute approximate surface area is 122 Å². The van der Waals surface area contributed by atoms with Crippen molar-refractivity contribution in [1.29, 1.82) is 0 Å². The van der Waals surface area contributed by atoms with Gasteiger partial charge in [-0.2, -0.15) is 5.10 Å². The average Bonchev–Trinajstić information content (AvgIpc) is 3.10. The number of nitrogens with one attached hydrogen (secondary N) is 2. The van der Waals surface area contributed by atoms with Crippen molar-refractivity contribution < 1.29 is 4.79 Å². The summed E-state index contributed by atoms with van der Waals surface area (Å²) in [5, 5.41) is 10.4. The number of hydrogen-bond donors (Lipinski definition) is 2. The molecule has 0 atom stereocenters. The molecule has 4 nitrogen and oxygen atoms in total. The first-order chi connectivity index (χ1) is 9.70. The fraction of sp³-hybridized carbons (Fsp3) is 0.333. The van der Waals surface area contributed by atoms with Gasteiger partial charge in [0, 0.05) is 11.2 Å². The van der Waals surface area contributed by atoms with Crippen molar-refractivity contribution in [3.63, 3.8) is 0 Å². The lowest BCUT2D eigenvalue weighted by molar-refractivity contribution is 0.0898. The number of carbonyl (C=O) groups excluding carboxylic acids is 1. The lowest BCUT2D eigenvalue weighted by Crippen LogP contribution is -2.43. The van der Waals surface area contributed by atoms with Crippen molar-refractivity contribution in [2.24, 2.45) is 0 Å². The Morgan fingerprint density at radius 1 is 1.35 bits per heavy atom. The Balaban J connectivity index is 1.90. The lowest BCUT2D eigenvalue weighted by atomic mass is 9.88. The van der Waals surface area contributed by atoms with Gasteiger partial charge in [-0.25, -0.2) is 0 Å². The van der Waals surface area contributed by atoms with Crippen molar-refractivity contribution in [2.75, 3.05) is 0 Å². The van der Waals surface area contributed by atoms with Gasteiger partial charge in [0.2, 0.25) is 0 Å². The molecule has 1 fully saturated rings. The minimum atomic E-state index is -0.306. The summed E-state index contributed by atoms with van der Waals surface area (Å²) in [4.78, 5) is 12.3. The number of amides is 1. The third kappa shape index (κ3) is 2.43. The highest BCUT2D eigenvalue weighted by atomic mass is 35.5. The molecule has 1 aromatic heterocycles. The molecule has 104 valence electrons. The first-order valence-electron chi connectivity index (χ1n) is 6.77. The highest BCUT2D eigenvalue weighted by Gasteiger charge is 2.37. The maximum atomic E-state index is 12.3. The Kier molecular flexibility index (Phi) is 3.49. The lowest BCUT2D eigenvalue weighted by Gasteiger charge is -2.31. The summed E-state index contributed by atoms with van der Waals surface area (Å²) < 4.78 is 0. The number of aromatic nitrogens is 2. The van der Waals surface area contributed by atoms with Crippen LogP contribution in [-0.2, 0) is 5.54 Å². The normalized spacial score (nSPS) is 17.1. The maximum Gasteiger partial charge on any atom is 0.255 e. The SMILES string of the molecule is O=C(NC1(c2cccc(Cl)c2)CCCC1)c1cn[nH]c1. The van der Waals surface area contributed by atoms with E-state index >= 15 is 0 Å². The summed E-state index contributed by atoms with van der Waals surface area (Å²) in [5.41, 5.74) is 1.33. The summed E-state index contributed by atoms with van der Waals surface area (Å²) in [7, 11) is 0. The molecule has 20 heavy (non-hydrogen) atoms. The second-order valence-electron chi connectivity index (χ2n) is 5.24. The molecule has 0 bridgehead atoms. The Morgan fingerprint density at radius 2 is 2.15 bits per heavy atom. The van der Waals surface area contributed by atoms with E-state index in [0.29, 0.717) is 10.6 Å². The molecule has 0 spiro atoms. The molecule has 1 amide bonds. The van der Waals surface area contributed by atoms with E-state index < -0.39 is 0 Å². The van der Waals surface area contributed by atoms with Crippen molar-refractivity contribution in [1.82, 2.24) is 15.5 Å². The van der Waals surface area contributed by atoms with Crippen LogP contribution in [-0.4, -0.2) is 16.1 Å². The molecule has 5 heteroatoms. The first-order valence-corrected chi connectivity index (χ1v) is 7.15. The predicted octanol–water partition coefficient (Wildman–Crippen LogP) is 3.26. The van der Waals surface area contributed by atoms with Gasteiger partial charge in [0.25, 0.3) is 5.91 Å². The van der Waals surface area contributed by atoms with Crippen LogP contribution in [0, 0.1) is 0 Å². The van der Waals surface area contributed by atoms with Gasteiger partial charge < -0.3 is 5.32 Å². The van der Waals surface area contributed by atoms with Crippen LogP contribution in [0.5, 0.6) is 0 Å². The van der Waals surface area contributed by atoms with Gasteiger partial charge >= 0.3 is 0 Å². The second-order valence-corrected chi connectivity index (χ2v) is 5.68. The third-order valence-corrected chi connectivity index (χ3v) is 4.18. The molecule has 0 saturated heterocycles. The summed E-state index contributed by atoms with van der Waals surface area (Å²) in [6.45, 7) is 0. The largest absolute Gasteiger partial charge is 0.342 e. The molecule has 2 N–H and O–H groups in total. The van der Waals surface area contributed by atoms with E-state index in [-0.39, 0.29) is 11.4 Å². The quantitative estimate of drug-likeness (QED) is 0.911. The number of nitrogens with zero attached hydrogens (tertiary/aromatic N) is 1. The molecule has 1 aliphatic rings. The summed E-state index contributed by atoms with van der Waals surface area (Å²) in [5.74, 6) is -0.0966. The van der Waals surface area contributed by atoms with E-state index in [1.165, 1.54) is 6.20 Å². The molecular weight excluding hydrogens is 274 g/mol. The number of H-pyrrole nitrogens is 1. The van der Waals surface area contributed by atoms with Crippen molar-refractivity contribution in [3.05, 3.63) is 52.8 Å². The van der Waals surface area contributed by atoms with Crippen molar-refractivity contribution >= 4 is 17.5 Å².